The third kappa shape index (κ3) is 1.35. The zero-order valence-corrected chi connectivity index (χ0v) is 5.91. The fraction of sp³-hybridized carbons (Fsp3) is 0.125. The summed E-state index contributed by atoms with van der Waals surface area (Å²) in [6.45, 7) is 0. The number of benzene rings is 1. The van der Waals surface area contributed by atoms with Gasteiger partial charge in [0.1, 0.15) is 0 Å². The molecule has 2 nitrogen and oxygen atoms in total. The van der Waals surface area contributed by atoms with Gasteiger partial charge in [0.15, 0.2) is 0 Å². The van der Waals surface area contributed by atoms with Crippen LogP contribution in [0, 0.1) is 0 Å². The van der Waals surface area contributed by atoms with Crippen molar-refractivity contribution in [3.63, 3.8) is 0 Å². The Morgan fingerprint density at radius 3 is 2.70 bits per heavy atom. The molecule has 0 unspecified atom stereocenters. The van der Waals surface area contributed by atoms with Crippen LogP contribution in [0.1, 0.15) is 5.56 Å². The Morgan fingerprint density at radius 1 is 1.40 bits per heavy atom. The molecular formula is C8H10N2. The first-order chi connectivity index (χ1) is 4.84. The Kier molecular flexibility index (Phi) is 2.05. The van der Waals surface area contributed by atoms with Crippen LogP contribution in [0.15, 0.2) is 29.3 Å². The summed E-state index contributed by atoms with van der Waals surface area (Å²) in [6.07, 6.45) is 1.75. The zero-order chi connectivity index (χ0) is 7.40. The van der Waals surface area contributed by atoms with E-state index in [2.05, 4.69) is 4.99 Å². The molecule has 0 spiro atoms. The van der Waals surface area contributed by atoms with Crippen molar-refractivity contribution in [3.8, 4) is 0 Å². The number of nitrogens with zero attached hydrogens (tertiary/aromatic N) is 1. The lowest BCUT2D eigenvalue weighted by molar-refractivity contribution is 1.46. The smallest absolute Gasteiger partial charge is 0.0403 e. The van der Waals surface area contributed by atoms with E-state index in [0.717, 1.165) is 11.3 Å². The Bertz CT molecular complexity index is 241. The number of nitrogen functional groups attached to an aromatic ring is 1. The topological polar surface area (TPSA) is 38.4 Å². The number of para-hydroxylation sites is 1. The number of aliphatic imine (C=N–C) groups is 1. The molecule has 2 N–H and O–H groups in total. The lowest BCUT2D eigenvalue weighted by atomic mass is 10.2. The first kappa shape index (κ1) is 6.81. The average molecular weight is 134 g/mol. The second-order valence-electron chi connectivity index (χ2n) is 2.02. The number of hydrogen-bond acceptors (Lipinski definition) is 2. The van der Waals surface area contributed by atoms with E-state index >= 15 is 0 Å². The van der Waals surface area contributed by atoms with Crippen LogP contribution in [0.2, 0.25) is 0 Å². The van der Waals surface area contributed by atoms with E-state index in [0.29, 0.717) is 0 Å². The minimum atomic E-state index is 0.771. The van der Waals surface area contributed by atoms with Gasteiger partial charge in [-0.3, -0.25) is 4.99 Å². The molecule has 0 radical (unpaired) electrons. The monoisotopic (exact) mass is 134 g/mol. The van der Waals surface area contributed by atoms with Gasteiger partial charge in [0.2, 0.25) is 0 Å². The van der Waals surface area contributed by atoms with Gasteiger partial charge in [0.25, 0.3) is 0 Å². The Labute approximate surface area is 60.4 Å². The maximum atomic E-state index is 5.62. The normalized spacial score (nSPS) is 10.5. The first-order valence-electron chi connectivity index (χ1n) is 3.11. The van der Waals surface area contributed by atoms with Crippen LogP contribution < -0.4 is 5.73 Å². The molecule has 1 rings (SSSR count). The van der Waals surface area contributed by atoms with Gasteiger partial charge in [0.05, 0.1) is 0 Å². The molecule has 0 atom stereocenters. The van der Waals surface area contributed by atoms with E-state index in [1.165, 1.54) is 0 Å². The fourth-order valence-corrected chi connectivity index (χ4v) is 0.768. The van der Waals surface area contributed by atoms with Gasteiger partial charge in [0, 0.05) is 24.5 Å². The highest BCUT2D eigenvalue weighted by molar-refractivity contribution is 5.86. The van der Waals surface area contributed by atoms with Crippen molar-refractivity contribution in [1.29, 1.82) is 0 Å². The number of anilines is 1. The van der Waals surface area contributed by atoms with Gasteiger partial charge in [-0.25, -0.2) is 0 Å². The summed E-state index contributed by atoms with van der Waals surface area (Å²) in [4.78, 5) is 3.86. The lowest BCUT2D eigenvalue weighted by Gasteiger charge is -1.95. The summed E-state index contributed by atoms with van der Waals surface area (Å²) >= 11 is 0. The molecule has 0 bridgehead atoms. The van der Waals surface area contributed by atoms with Crippen LogP contribution in [-0.4, -0.2) is 13.3 Å². The van der Waals surface area contributed by atoms with Gasteiger partial charge < -0.3 is 5.73 Å². The van der Waals surface area contributed by atoms with Crippen molar-refractivity contribution in [1.82, 2.24) is 0 Å². The second-order valence-corrected chi connectivity index (χ2v) is 2.02. The summed E-state index contributed by atoms with van der Waals surface area (Å²) in [6, 6.07) is 7.63. The first-order valence-corrected chi connectivity index (χ1v) is 3.11. The molecule has 2 heteroatoms. The minimum Gasteiger partial charge on any atom is -0.398 e. The maximum absolute atomic E-state index is 5.62. The molecule has 10 heavy (non-hydrogen) atoms. The molecule has 1 aromatic rings. The SMILES string of the molecule is CN=Cc1ccccc1N. The van der Waals surface area contributed by atoms with E-state index in [4.69, 9.17) is 5.73 Å². The van der Waals surface area contributed by atoms with Crippen LogP contribution in [0.3, 0.4) is 0 Å². The molecule has 0 aliphatic heterocycles. The predicted molar refractivity (Wildman–Crippen MR) is 44.4 cm³/mol. The van der Waals surface area contributed by atoms with Crippen molar-refractivity contribution < 1.29 is 0 Å². The molecule has 0 aliphatic rings. The maximum Gasteiger partial charge on any atom is 0.0403 e. The minimum absolute atomic E-state index is 0.771. The molecule has 0 aromatic heterocycles. The Morgan fingerprint density at radius 2 is 2.10 bits per heavy atom. The van der Waals surface area contributed by atoms with E-state index in [1.807, 2.05) is 24.3 Å². The zero-order valence-electron chi connectivity index (χ0n) is 5.91. The standard InChI is InChI=1S/C8H10N2/c1-10-6-7-4-2-3-5-8(7)9/h2-6H,9H2,1H3. The molecule has 0 saturated heterocycles. The van der Waals surface area contributed by atoms with Gasteiger partial charge in [-0.2, -0.15) is 0 Å². The van der Waals surface area contributed by atoms with Gasteiger partial charge in [-0.05, 0) is 6.07 Å². The molecule has 1 aromatic carbocycles. The highest BCUT2D eigenvalue weighted by Gasteiger charge is 1.89. The summed E-state index contributed by atoms with van der Waals surface area (Å²) < 4.78 is 0. The van der Waals surface area contributed by atoms with Crippen LogP contribution in [0.25, 0.3) is 0 Å². The van der Waals surface area contributed by atoms with E-state index in [-0.39, 0.29) is 0 Å². The number of rotatable bonds is 1. The van der Waals surface area contributed by atoms with E-state index in [9.17, 15) is 0 Å². The number of nitrogens with two attached hydrogens (primary N) is 1. The van der Waals surface area contributed by atoms with Crippen molar-refractivity contribution in [2.75, 3.05) is 12.8 Å². The lowest BCUT2D eigenvalue weighted by Crippen LogP contribution is -1.91. The molecule has 0 amide bonds. The summed E-state index contributed by atoms with van der Waals surface area (Å²) in [5, 5.41) is 0. The third-order valence-electron chi connectivity index (χ3n) is 1.26. The molecule has 0 saturated carbocycles. The van der Waals surface area contributed by atoms with Gasteiger partial charge in [-0.1, -0.05) is 18.2 Å². The highest BCUT2D eigenvalue weighted by atomic mass is 14.6. The van der Waals surface area contributed by atoms with E-state index in [1.54, 1.807) is 13.3 Å². The van der Waals surface area contributed by atoms with Crippen LogP contribution in [-0.2, 0) is 0 Å². The number of hydrogen-bond donors (Lipinski definition) is 1. The highest BCUT2D eigenvalue weighted by Crippen LogP contribution is 2.06. The third-order valence-corrected chi connectivity index (χ3v) is 1.26. The molecular weight excluding hydrogens is 124 g/mol. The Hall–Kier alpha value is -1.31. The van der Waals surface area contributed by atoms with Gasteiger partial charge in [-0.15, -0.1) is 0 Å². The summed E-state index contributed by atoms with van der Waals surface area (Å²) in [5.41, 5.74) is 7.36. The summed E-state index contributed by atoms with van der Waals surface area (Å²) in [5.74, 6) is 0. The van der Waals surface area contributed by atoms with Crippen molar-refractivity contribution >= 4 is 11.9 Å². The second kappa shape index (κ2) is 3.01. The van der Waals surface area contributed by atoms with Gasteiger partial charge >= 0.3 is 0 Å². The fourth-order valence-electron chi connectivity index (χ4n) is 0.768. The van der Waals surface area contributed by atoms with Crippen LogP contribution in [0.4, 0.5) is 5.69 Å². The quantitative estimate of drug-likeness (QED) is 0.456. The molecule has 52 valence electrons. The summed E-state index contributed by atoms with van der Waals surface area (Å²) in [7, 11) is 1.73. The van der Waals surface area contributed by atoms with Crippen LogP contribution in [0.5, 0.6) is 0 Å². The average Bonchev–Trinajstić information content (AvgIpc) is 1.94. The molecule has 0 heterocycles. The molecule has 0 aliphatic carbocycles. The van der Waals surface area contributed by atoms with Crippen molar-refractivity contribution in [2.24, 2.45) is 4.99 Å². The van der Waals surface area contributed by atoms with E-state index < -0.39 is 0 Å². The Balaban J connectivity index is 3.03. The predicted octanol–water partition coefficient (Wildman–Crippen LogP) is 1.32. The van der Waals surface area contributed by atoms with Crippen molar-refractivity contribution in [3.05, 3.63) is 29.8 Å². The molecule has 0 fully saturated rings. The largest absolute Gasteiger partial charge is 0.398 e. The van der Waals surface area contributed by atoms with Crippen LogP contribution >= 0.6 is 0 Å². The van der Waals surface area contributed by atoms with Crippen molar-refractivity contribution in [2.45, 2.75) is 0 Å².